The van der Waals surface area contributed by atoms with Crippen LogP contribution in [0.1, 0.15) is 30.9 Å². The van der Waals surface area contributed by atoms with E-state index in [1.807, 2.05) is 18.2 Å². The van der Waals surface area contributed by atoms with E-state index in [1.165, 1.54) is 18.4 Å². The first-order valence-electron chi connectivity index (χ1n) is 7.38. The average Bonchev–Trinajstić information content (AvgIpc) is 2.52. The highest BCUT2D eigenvalue weighted by atomic mass is 35.5. The number of unbranched alkanes of at least 4 members (excludes halogenated alkanes) is 1. The molecule has 0 aliphatic carbocycles. The van der Waals surface area contributed by atoms with Crippen LogP contribution in [0.15, 0.2) is 42.5 Å². The molecule has 1 N–H and O–H groups in total. The summed E-state index contributed by atoms with van der Waals surface area (Å²) in [6, 6.07) is 14.3. The summed E-state index contributed by atoms with van der Waals surface area (Å²) in [5, 5.41) is 4.12. The lowest BCUT2D eigenvalue weighted by Crippen LogP contribution is -2.02. The van der Waals surface area contributed by atoms with E-state index in [-0.39, 0.29) is 0 Å². The summed E-state index contributed by atoms with van der Waals surface area (Å²) in [5.41, 5.74) is 3.46. The number of hydrogen-bond acceptors (Lipinski definition) is 2. The minimum Gasteiger partial charge on any atom is -0.496 e. The molecule has 0 radical (unpaired) electrons. The van der Waals surface area contributed by atoms with Crippen LogP contribution in [0.4, 0.5) is 5.69 Å². The average molecular weight is 304 g/mol. The number of rotatable bonds is 7. The van der Waals surface area contributed by atoms with Crippen molar-refractivity contribution in [1.82, 2.24) is 0 Å². The van der Waals surface area contributed by atoms with E-state index in [9.17, 15) is 0 Å². The van der Waals surface area contributed by atoms with Gasteiger partial charge in [0.2, 0.25) is 0 Å². The van der Waals surface area contributed by atoms with Crippen molar-refractivity contribution in [1.29, 1.82) is 0 Å². The molecule has 0 atom stereocenters. The summed E-state index contributed by atoms with van der Waals surface area (Å²) in [7, 11) is 1.66. The Morgan fingerprint density at radius 3 is 2.52 bits per heavy atom. The molecule has 0 saturated carbocycles. The van der Waals surface area contributed by atoms with Crippen LogP contribution in [0.5, 0.6) is 5.75 Å². The first-order valence-corrected chi connectivity index (χ1v) is 7.76. The Labute approximate surface area is 132 Å². The maximum atomic E-state index is 6.24. The zero-order valence-corrected chi connectivity index (χ0v) is 13.4. The minimum absolute atomic E-state index is 0.650. The molecule has 0 unspecified atom stereocenters. The lowest BCUT2D eigenvalue weighted by molar-refractivity contribution is 0.410. The Morgan fingerprint density at radius 1 is 1.10 bits per heavy atom. The Morgan fingerprint density at radius 2 is 1.86 bits per heavy atom. The largest absolute Gasteiger partial charge is 0.496 e. The molecule has 21 heavy (non-hydrogen) atoms. The Bertz CT molecular complexity index is 566. The summed E-state index contributed by atoms with van der Waals surface area (Å²) >= 11 is 6.24. The molecule has 112 valence electrons. The second-order valence-corrected chi connectivity index (χ2v) is 5.48. The molecule has 0 aliphatic heterocycles. The maximum Gasteiger partial charge on any atom is 0.125 e. The van der Waals surface area contributed by atoms with E-state index in [1.54, 1.807) is 7.11 Å². The Kier molecular flexibility index (Phi) is 5.94. The molecular formula is C18H22ClNO. The minimum atomic E-state index is 0.650. The van der Waals surface area contributed by atoms with Crippen molar-refractivity contribution in [2.24, 2.45) is 0 Å². The zero-order valence-electron chi connectivity index (χ0n) is 12.7. The third kappa shape index (κ3) is 4.40. The normalized spacial score (nSPS) is 10.4. The molecule has 2 nitrogen and oxygen atoms in total. The molecule has 0 saturated heterocycles. The molecule has 3 heteroatoms. The number of ether oxygens (including phenoxy) is 1. The van der Waals surface area contributed by atoms with Crippen LogP contribution >= 0.6 is 11.6 Å². The smallest absolute Gasteiger partial charge is 0.125 e. The lowest BCUT2D eigenvalue weighted by atomic mass is 10.1. The molecule has 2 rings (SSSR count). The summed E-state index contributed by atoms with van der Waals surface area (Å²) < 4.78 is 5.35. The van der Waals surface area contributed by atoms with Crippen molar-refractivity contribution in [2.75, 3.05) is 12.4 Å². The SMILES string of the molecule is CCCCc1ccc(NCc2c(Cl)cccc2OC)cc1. The molecule has 0 spiro atoms. The first kappa shape index (κ1) is 15.7. The van der Waals surface area contributed by atoms with Gasteiger partial charge in [0.15, 0.2) is 0 Å². The summed E-state index contributed by atoms with van der Waals surface area (Å²) in [4.78, 5) is 0. The van der Waals surface area contributed by atoms with Crippen LogP contribution in [0.25, 0.3) is 0 Å². The van der Waals surface area contributed by atoms with E-state index < -0.39 is 0 Å². The van der Waals surface area contributed by atoms with Gasteiger partial charge in [0.1, 0.15) is 5.75 Å². The van der Waals surface area contributed by atoms with Crippen LogP contribution in [0, 0.1) is 0 Å². The highest BCUT2D eigenvalue weighted by Crippen LogP contribution is 2.27. The molecular weight excluding hydrogens is 282 g/mol. The van der Waals surface area contributed by atoms with Crippen molar-refractivity contribution in [3.8, 4) is 5.75 Å². The van der Waals surface area contributed by atoms with Crippen molar-refractivity contribution >= 4 is 17.3 Å². The van der Waals surface area contributed by atoms with E-state index in [0.717, 1.165) is 28.4 Å². The van der Waals surface area contributed by atoms with Gasteiger partial charge in [0.25, 0.3) is 0 Å². The van der Waals surface area contributed by atoms with Crippen molar-refractivity contribution < 1.29 is 4.74 Å². The lowest BCUT2D eigenvalue weighted by Gasteiger charge is -2.12. The summed E-state index contributed by atoms with van der Waals surface area (Å²) in [6.07, 6.45) is 3.62. The van der Waals surface area contributed by atoms with Gasteiger partial charge in [0, 0.05) is 22.8 Å². The van der Waals surface area contributed by atoms with Crippen LogP contribution in [0.2, 0.25) is 5.02 Å². The molecule has 2 aromatic rings. The Balaban J connectivity index is 2.00. The van der Waals surface area contributed by atoms with E-state index in [0.29, 0.717) is 6.54 Å². The van der Waals surface area contributed by atoms with Crippen molar-refractivity contribution in [3.63, 3.8) is 0 Å². The fourth-order valence-corrected chi connectivity index (χ4v) is 2.49. The van der Waals surface area contributed by atoms with Gasteiger partial charge in [0.05, 0.1) is 7.11 Å². The molecule has 0 aromatic heterocycles. The standard InChI is InChI=1S/C18H22ClNO/c1-3-4-6-14-9-11-15(12-10-14)20-13-16-17(19)7-5-8-18(16)21-2/h5,7-12,20H,3-4,6,13H2,1-2H3. The van der Waals surface area contributed by atoms with Gasteiger partial charge in [-0.3, -0.25) is 0 Å². The van der Waals surface area contributed by atoms with Crippen LogP contribution in [0.3, 0.4) is 0 Å². The quantitative estimate of drug-likeness (QED) is 0.749. The fraction of sp³-hybridized carbons (Fsp3) is 0.333. The number of aryl methyl sites for hydroxylation is 1. The van der Waals surface area contributed by atoms with Crippen LogP contribution < -0.4 is 10.1 Å². The van der Waals surface area contributed by atoms with Crippen molar-refractivity contribution in [3.05, 3.63) is 58.6 Å². The third-order valence-electron chi connectivity index (χ3n) is 3.54. The van der Waals surface area contributed by atoms with Crippen LogP contribution in [-0.2, 0) is 13.0 Å². The predicted molar refractivity (Wildman–Crippen MR) is 90.4 cm³/mol. The molecule has 0 bridgehead atoms. The number of hydrogen-bond donors (Lipinski definition) is 1. The zero-order chi connectivity index (χ0) is 15.1. The van der Waals surface area contributed by atoms with Gasteiger partial charge in [-0.05, 0) is 42.7 Å². The van der Waals surface area contributed by atoms with E-state index >= 15 is 0 Å². The second-order valence-electron chi connectivity index (χ2n) is 5.07. The van der Waals surface area contributed by atoms with Gasteiger partial charge in [-0.15, -0.1) is 0 Å². The fourth-order valence-electron chi connectivity index (χ4n) is 2.26. The first-order chi connectivity index (χ1) is 10.2. The van der Waals surface area contributed by atoms with Gasteiger partial charge in [-0.1, -0.05) is 43.1 Å². The maximum absolute atomic E-state index is 6.24. The van der Waals surface area contributed by atoms with Gasteiger partial charge >= 0.3 is 0 Å². The highest BCUT2D eigenvalue weighted by Gasteiger charge is 2.07. The Hall–Kier alpha value is -1.67. The van der Waals surface area contributed by atoms with Gasteiger partial charge < -0.3 is 10.1 Å². The number of nitrogens with one attached hydrogen (secondary N) is 1. The molecule has 0 fully saturated rings. The topological polar surface area (TPSA) is 21.3 Å². The number of halogens is 1. The molecule has 0 amide bonds. The van der Waals surface area contributed by atoms with Gasteiger partial charge in [-0.25, -0.2) is 0 Å². The number of methoxy groups -OCH3 is 1. The summed E-state index contributed by atoms with van der Waals surface area (Å²) in [6.45, 7) is 2.87. The number of anilines is 1. The predicted octanol–water partition coefficient (Wildman–Crippen LogP) is 5.30. The molecule has 0 heterocycles. The molecule has 0 aliphatic rings. The van der Waals surface area contributed by atoms with E-state index in [4.69, 9.17) is 16.3 Å². The summed E-state index contributed by atoms with van der Waals surface area (Å²) in [5.74, 6) is 0.814. The number of benzene rings is 2. The van der Waals surface area contributed by atoms with Gasteiger partial charge in [-0.2, -0.15) is 0 Å². The van der Waals surface area contributed by atoms with Crippen molar-refractivity contribution in [2.45, 2.75) is 32.7 Å². The third-order valence-corrected chi connectivity index (χ3v) is 3.89. The molecule has 2 aromatic carbocycles. The highest BCUT2D eigenvalue weighted by molar-refractivity contribution is 6.31. The van der Waals surface area contributed by atoms with E-state index in [2.05, 4.69) is 36.5 Å². The second kappa shape index (κ2) is 7.94. The monoisotopic (exact) mass is 303 g/mol. The van der Waals surface area contributed by atoms with Crippen LogP contribution in [-0.4, -0.2) is 7.11 Å².